The summed E-state index contributed by atoms with van der Waals surface area (Å²) in [5.74, 6) is -0.128. The molecule has 1 heterocycles. The van der Waals surface area contributed by atoms with Gasteiger partial charge in [0, 0.05) is 24.7 Å². The van der Waals surface area contributed by atoms with E-state index in [9.17, 15) is 9.18 Å². The Morgan fingerprint density at radius 2 is 2.30 bits per heavy atom. The van der Waals surface area contributed by atoms with Gasteiger partial charge in [-0.1, -0.05) is 0 Å². The number of nitrogens with zero attached hydrogens (tertiary/aromatic N) is 1. The summed E-state index contributed by atoms with van der Waals surface area (Å²) >= 11 is 0. The quantitative estimate of drug-likeness (QED) is 0.921. The topological polar surface area (TPSA) is 55.6 Å². The van der Waals surface area contributed by atoms with Crippen molar-refractivity contribution in [1.29, 1.82) is 0 Å². The molecule has 1 aromatic carbocycles. The van der Waals surface area contributed by atoms with Crippen LogP contribution in [0, 0.1) is 11.7 Å². The lowest BCUT2D eigenvalue weighted by Crippen LogP contribution is -2.45. The summed E-state index contributed by atoms with van der Waals surface area (Å²) in [5.41, 5.74) is 6.38. The minimum absolute atomic E-state index is 0.0772. The second-order valence-corrected chi connectivity index (χ2v) is 5.36. The van der Waals surface area contributed by atoms with Gasteiger partial charge in [-0.2, -0.15) is 0 Å². The van der Waals surface area contributed by atoms with Gasteiger partial charge in [0.05, 0.1) is 7.11 Å². The van der Waals surface area contributed by atoms with Crippen molar-refractivity contribution in [1.82, 2.24) is 4.90 Å². The Bertz CT molecular complexity index is 491. The van der Waals surface area contributed by atoms with Crippen LogP contribution in [0.5, 0.6) is 5.75 Å². The van der Waals surface area contributed by atoms with Gasteiger partial charge in [0.25, 0.3) is 5.91 Å². The molecular weight excluding hydrogens is 259 g/mol. The molecule has 1 aromatic rings. The average molecular weight is 280 g/mol. The first-order valence-corrected chi connectivity index (χ1v) is 6.91. The Kier molecular flexibility index (Phi) is 4.60. The zero-order chi connectivity index (χ0) is 14.7. The van der Waals surface area contributed by atoms with E-state index >= 15 is 0 Å². The molecular formula is C15H21FN2O2. The molecule has 1 fully saturated rings. The van der Waals surface area contributed by atoms with Gasteiger partial charge in [-0.15, -0.1) is 0 Å². The molecule has 1 aliphatic heterocycles. The highest BCUT2D eigenvalue weighted by Crippen LogP contribution is 2.23. The second kappa shape index (κ2) is 6.22. The highest BCUT2D eigenvalue weighted by molar-refractivity contribution is 5.94. The number of nitrogens with two attached hydrogens (primary N) is 1. The predicted octanol–water partition coefficient (Wildman–Crippen LogP) is 2.03. The molecule has 0 aliphatic carbocycles. The molecule has 0 spiro atoms. The number of carbonyl (C=O) groups excluding carboxylic acids is 1. The van der Waals surface area contributed by atoms with Gasteiger partial charge >= 0.3 is 0 Å². The molecule has 2 atom stereocenters. The summed E-state index contributed by atoms with van der Waals surface area (Å²) in [6.07, 6.45) is 2.00. The van der Waals surface area contributed by atoms with Crippen molar-refractivity contribution in [3.63, 3.8) is 0 Å². The van der Waals surface area contributed by atoms with E-state index in [1.54, 1.807) is 4.90 Å². The Hall–Kier alpha value is -1.62. The molecule has 20 heavy (non-hydrogen) atoms. The zero-order valence-electron chi connectivity index (χ0n) is 11.9. The SMILES string of the molecule is COc1cc(C(=O)N2CCCC(C(C)N)C2)ccc1F. The van der Waals surface area contributed by atoms with Gasteiger partial charge < -0.3 is 15.4 Å². The molecule has 110 valence electrons. The second-order valence-electron chi connectivity index (χ2n) is 5.36. The number of methoxy groups -OCH3 is 1. The molecule has 5 heteroatoms. The maximum absolute atomic E-state index is 13.4. The van der Waals surface area contributed by atoms with Crippen molar-refractivity contribution in [3.8, 4) is 5.75 Å². The first-order valence-electron chi connectivity index (χ1n) is 6.91. The van der Waals surface area contributed by atoms with Gasteiger partial charge in [-0.25, -0.2) is 4.39 Å². The number of likely N-dealkylation sites (tertiary alicyclic amines) is 1. The predicted molar refractivity (Wildman–Crippen MR) is 75.2 cm³/mol. The van der Waals surface area contributed by atoms with Crippen molar-refractivity contribution in [3.05, 3.63) is 29.6 Å². The third-order valence-corrected chi connectivity index (χ3v) is 3.89. The van der Waals surface area contributed by atoms with E-state index in [1.807, 2.05) is 6.92 Å². The van der Waals surface area contributed by atoms with Crippen LogP contribution in [-0.4, -0.2) is 37.0 Å². The van der Waals surface area contributed by atoms with Crippen LogP contribution < -0.4 is 10.5 Å². The fraction of sp³-hybridized carbons (Fsp3) is 0.533. The Labute approximate surface area is 118 Å². The van der Waals surface area contributed by atoms with Crippen molar-refractivity contribution in [2.45, 2.75) is 25.8 Å². The molecule has 0 bridgehead atoms. The molecule has 0 saturated carbocycles. The third kappa shape index (κ3) is 3.10. The molecule has 0 aromatic heterocycles. The molecule has 1 amide bonds. The first-order chi connectivity index (χ1) is 9.52. The molecule has 1 aliphatic rings. The van der Waals surface area contributed by atoms with Crippen molar-refractivity contribution < 1.29 is 13.9 Å². The van der Waals surface area contributed by atoms with Crippen LogP contribution in [0.15, 0.2) is 18.2 Å². The van der Waals surface area contributed by atoms with Crippen LogP contribution in [0.3, 0.4) is 0 Å². The molecule has 2 N–H and O–H groups in total. The lowest BCUT2D eigenvalue weighted by Gasteiger charge is -2.34. The van der Waals surface area contributed by atoms with Crippen LogP contribution in [0.25, 0.3) is 0 Å². The number of halogens is 1. The molecule has 2 unspecified atom stereocenters. The number of carbonyl (C=O) groups is 1. The van der Waals surface area contributed by atoms with E-state index in [-0.39, 0.29) is 17.7 Å². The Balaban J connectivity index is 2.14. The third-order valence-electron chi connectivity index (χ3n) is 3.89. The molecule has 2 rings (SSSR count). The smallest absolute Gasteiger partial charge is 0.254 e. The van der Waals surface area contributed by atoms with Gasteiger partial charge in [-0.05, 0) is 43.9 Å². The largest absolute Gasteiger partial charge is 0.494 e. The summed E-state index contributed by atoms with van der Waals surface area (Å²) in [7, 11) is 1.39. The van der Waals surface area contributed by atoms with E-state index < -0.39 is 5.82 Å². The average Bonchev–Trinajstić information content (AvgIpc) is 2.47. The number of piperidine rings is 1. The van der Waals surface area contributed by atoms with E-state index in [2.05, 4.69) is 0 Å². The lowest BCUT2D eigenvalue weighted by molar-refractivity contribution is 0.0660. The lowest BCUT2D eigenvalue weighted by atomic mass is 9.92. The normalized spacial score (nSPS) is 20.6. The Morgan fingerprint density at radius 3 is 2.95 bits per heavy atom. The first kappa shape index (κ1) is 14.8. The monoisotopic (exact) mass is 280 g/mol. The maximum atomic E-state index is 13.4. The van der Waals surface area contributed by atoms with Gasteiger partial charge in [0.2, 0.25) is 0 Å². The number of benzene rings is 1. The number of rotatable bonds is 3. The highest BCUT2D eigenvalue weighted by atomic mass is 19.1. The van der Waals surface area contributed by atoms with Gasteiger partial charge in [0.1, 0.15) is 0 Å². The minimum Gasteiger partial charge on any atom is -0.494 e. The number of hydrogen-bond acceptors (Lipinski definition) is 3. The summed E-state index contributed by atoms with van der Waals surface area (Å²) in [6, 6.07) is 4.29. The summed E-state index contributed by atoms with van der Waals surface area (Å²) in [5, 5.41) is 0. The summed E-state index contributed by atoms with van der Waals surface area (Å²) in [6.45, 7) is 3.36. The minimum atomic E-state index is -0.462. The van der Waals surface area contributed by atoms with Crippen LogP contribution in [0.1, 0.15) is 30.1 Å². The van der Waals surface area contributed by atoms with Crippen LogP contribution >= 0.6 is 0 Å². The van der Waals surface area contributed by atoms with E-state index in [1.165, 1.54) is 25.3 Å². The van der Waals surface area contributed by atoms with Gasteiger partial charge in [0.15, 0.2) is 11.6 Å². The number of ether oxygens (including phenoxy) is 1. The van der Waals surface area contributed by atoms with Crippen LogP contribution in [0.4, 0.5) is 4.39 Å². The summed E-state index contributed by atoms with van der Waals surface area (Å²) < 4.78 is 18.3. The maximum Gasteiger partial charge on any atom is 0.254 e. The Morgan fingerprint density at radius 1 is 1.55 bits per heavy atom. The molecule has 1 saturated heterocycles. The van der Waals surface area contributed by atoms with Crippen LogP contribution in [-0.2, 0) is 0 Å². The summed E-state index contributed by atoms with van der Waals surface area (Å²) in [4.78, 5) is 14.3. The van der Waals surface area contributed by atoms with E-state index in [4.69, 9.17) is 10.5 Å². The molecule has 0 radical (unpaired) electrons. The van der Waals surface area contributed by atoms with Crippen molar-refractivity contribution in [2.24, 2.45) is 11.7 Å². The molecule has 4 nitrogen and oxygen atoms in total. The fourth-order valence-electron chi connectivity index (χ4n) is 2.60. The van der Waals surface area contributed by atoms with E-state index in [0.29, 0.717) is 18.0 Å². The van der Waals surface area contributed by atoms with Crippen molar-refractivity contribution >= 4 is 5.91 Å². The van der Waals surface area contributed by atoms with Crippen LogP contribution in [0.2, 0.25) is 0 Å². The number of amides is 1. The highest BCUT2D eigenvalue weighted by Gasteiger charge is 2.26. The van der Waals surface area contributed by atoms with Crippen molar-refractivity contribution in [2.75, 3.05) is 20.2 Å². The zero-order valence-corrected chi connectivity index (χ0v) is 11.9. The fourth-order valence-corrected chi connectivity index (χ4v) is 2.60. The standard InChI is InChI=1S/C15H21FN2O2/c1-10(17)12-4-3-7-18(9-12)15(19)11-5-6-13(16)14(8-11)20-2/h5-6,8,10,12H,3-4,7,9,17H2,1-2H3. The number of hydrogen-bond donors (Lipinski definition) is 1. The van der Waals surface area contributed by atoms with E-state index in [0.717, 1.165) is 19.4 Å². The van der Waals surface area contributed by atoms with Gasteiger partial charge in [-0.3, -0.25) is 4.79 Å².